The van der Waals surface area contributed by atoms with Crippen molar-refractivity contribution in [1.29, 1.82) is 0 Å². The van der Waals surface area contributed by atoms with Crippen LogP contribution in [0.2, 0.25) is 5.02 Å². The fourth-order valence-electron chi connectivity index (χ4n) is 2.69. The molecule has 0 spiro atoms. The summed E-state index contributed by atoms with van der Waals surface area (Å²) in [7, 11) is 0. The Morgan fingerprint density at radius 2 is 1.83 bits per heavy atom. The Labute approximate surface area is 181 Å². The monoisotopic (exact) mass is 443 g/mol. The maximum Gasteiger partial charge on any atom is 0.257 e. The summed E-state index contributed by atoms with van der Waals surface area (Å²) in [5.74, 6) is -0.403. The van der Waals surface area contributed by atoms with E-state index in [0.29, 0.717) is 38.8 Å². The molecule has 4 aromatic rings. The lowest BCUT2D eigenvalue weighted by Crippen LogP contribution is -2.34. The number of rotatable bonds is 3. The number of nitrogens with one attached hydrogen (secondary N) is 2. The Morgan fingerprint density at radius 1 is 1.07 bits per heavy atom. The summed E-state index contributed by atoms with van der Waals surface area (Å²) in [6, 6.07) is 17.7. The highest BCUT2D eigenvalue weighted by atomic mass is 35.5. The molecule has 1 aromatic heterocycles. The fourth-order valence-corrected chi connectivity index (χ4v) is 3.03. The quantitative estimate of drug-likeness (QED) is 0.451. The highest BCUT2D eigenvalue weighted by molar-refractivity contribution is 7.80. The van der Waals surface area contributed by atoms with E-state index in [-0.39, 0.29) is 22.3 Å². The number of hydrogen-bond acceptors (Lipinski definition) is 4. The number of thiocarbonyl (C=S) groups is 1. The van der Waals surface area contributed by atoms with Gasteiger partial charge in [-0.15, -0.1) is 0 Å². The average Bonchev–Trinajstić information content (AvgIpc) is 3.12. The molecule has 0 aliphatic carbocycles. The van der Waals surface area contributed by atoms with Crippen molar-refractivity contribution in [2.75, 3.05) is 5.32 Å². The zero-order chi connectivity index (χ0) is 20.4. The van der Waals surface area contributed by atoms with E-state index < -0.39 is 0 Å². The van der Waals surface area contributed by atoms with Gasteiger partial charge in [-0.3, -0.25) is 10.1 Å². The number of fused-ring (bicyclic) bond motifs is 1. The van der Waals surface area contributed by atoms with Gasteiger partial charge < -0.3 is 15.2 Å². The molecular formula is C21H15ClFN3O3S. The molecule has 1 amide bonds. The minimum absolute atomic E-state index is 0. The summed E-state index contributed by atoms with van der Waals surface area (Å²) < 4.78 is 19.1. The van der Waals surface area contributed by atoms with Gasteiger partial charge in [0.05, 0.1) is 0 Å². The molecule has 0 bridgehead atoms. The van der Waals surface area contributed by atoms with Crippen molar-refractivity contribution in [1.82, 2.24) is 10.3 Å². The van der Waals surface area contributed by atoms with Crippen molar-refractivity contribution in [3.8, 4) is 11.5 Å². The number of nitrogens with zero attached hydrogens (tertiary/aromatic N) is 1. The summed E-state index contributed by atoms with van der Waals surface area (Å²) in [6.45, 7) is 0. The predicted octanol–water partition coefficient (Wildman–Crippen LogP) is 4.59. The third-order valence-electron chi connectivity index (χ3n) is 4.05. The molecule has 1 heterocycles. The average molecular weight is 444 g/mol. The van der Waals surface area contributed by atoms with Crippen LogP contribution in [0, 0.1) is 5.82 Å². The minimum Gasteiger partial charge on any atom is -0.436 e. The van der Waals surface area contributed by atoms with Gasteiger partial charge in [-0.05, 0) is 72.9 Å². The van der Waals surface area contributed by atoms with Gasteiger partial charge in [0.2, 0.25) is 5.89 Å². The first kappa shape index (κ1) is 21.4. The van der Waals surface area contributed by atoms with Gasteiger partial charge in [-0.2, -0.15) is 0 Å². The molecule has 0 fully saturated rings. The van der Waals surface area contributed by atoms with Crippen LogP contribution in [0.4, 0.5) is 10.1 Å². The van der Waals surface area contributed by atoms with Crippen LogP contribution in [0.3, 0.4) is 0 Å². The number of oxazole rings is 1. The maximum atomic E-state index is 13.4. The van der Waals surface area contributed by atoms with E-state index in [0.717, 1.165) is 0 Å². The lowest BCUT2D eigenvalue weighted by Gasteiger charge is -2.09. The molecule has 0 saturated heterocycles. The maximum absolute atomic E-state index is 13.4. The smallest absolute Gasteiger partial charge is 0.257 e. The van der Waals surface area contributed by atoms with Crippen LogP contribution in [0.1, 0.15) is 10.4 Å². The molecule has 152 valence electrons. The Morgan fingerprint density at radius 3 is 2.57 bits per heavy atom. The molecule has 4 N–H and O–H groups in total. The Hall–Kier alpha value is -3.33. The summed E-state index contributed by atoms with van der Waals surface area (Å²) in [6.07, 6.45) is 0. The summed E-state index contributed by atoms with van der Waals surface area (Å²) in [5, 5.41) is 6.22. The number of hydrogen-bond donors (Lipinski definition) is 2. The van der Waals surface area contributed by atoms with Crippen LogP contribution >= 0.6 is 23.8 Å². The van der Waals surface area contributed by atoms with Crippen LogP contribution in [0.25, 0.3) is 22.6 Å². The van der Waals surface area contributed by atoms with Crippen LogP contribution in [-0.2, 0) is 0 Å². The molecule has 30 heavy (non-hydrogen) atoms. The van der Waals surface area contributed by atoms with Crippen molar-refractivity contribution in [3.63, 3.8) is 0 Å². The van der Waals surface area contributed by atoms with E-state index in [9.17, 15) is 9.18 Å². The van der Waals surface area contributed by atoms with Crippen LogP contribution in [0.15, 0.2) is 71.1 Å². The Balaban J connectivity index is 0.00000256. The predicted molar refractivity (Wildman–Crippen MR) is 118 cm³/mol. The van der Waals surface area contributed by atoms with Crippen molar-refractivity contribution >= 4 is 51.6 Å². The van der Waals surface area contributed by atoms with Gasteiger partial charge in [0.1, 0.15) is 11.3 Å². The van der Waals surface area contributed by atoms with Crippen molar-refractivity contribution in [2.45, 2.75) is 0 Å². The van der Waals surface area contributed by atoms with Crippen LogP contribution in [-0.4, -0.2) is 21.5 Å². The number of benzene rings is 3. The van der Waals surface area contributed by atoms with Crippen molar-refractivity contribution in [2.24, 2.45) is 0 Å². The molecular weight excluding hydrogens is 429 g/mol. The van der Waals surface area contributed by atoms with Gasteiger partial charge in [-0.1, -0.05) is 17.7 Å². The molecule has 3 aromatic carbocycles. The van der Waals surface area contributed by atoms with E-state index in [1.54, 1.807) is 54.6 Å². The van der Waals surface area contributed by atoms with Gasteiger partial charge in [0.25, 0.3) is 5.91 Å². The Bertz CT molecular complexity index is 1230. The second-order valence-electron chi connectivity index (χ2n) is 6.13. The fraction of sp³-hybridized carbons (Fsp3) is 0. The minimum atomic E-state index is -0.367. The number of aromatic nitrogens is 1. The zero-order valence-corrected chi connectivity index (χ0v) is 16.9. The van der Waals surface area contributed by atoms with Gasteiger partial charge in [0.15, 0.2) is 10.7 Å². The third-order valence-corrected chi connectivity index (χ3v) is 4.51. The van der Waals surface area contributed by atoms with E-state index in [1.165, 1.54) is 12.1 Å². The number of anilines is 1. The zero-order valence-electron chi connectivity index (χ0n) is 15.3. The highest BCUT2D eigenvalue weighted by Gasteiger charge is 2.11. The number of amides is 1. The van der Waals surface area contributed by atoms with E-state index in [2.05, 4.69) is 15.6 Å². The standard InChI is InChI=1S/C21H13ClFN3O2S.H2O/c22-14-6-4-12(5-7-14)19(27)26-21(29)24-16-8-9-18-17(11-16)25-20(28-18)13-2-1-3-15(23)10-13;/h1-11H,(H2,24,26,27,29);1H2. The second-order valence-corrected chi connectivity index (χ2v) is 6.97. The van der Waals surface area contributed by atoms with Crippen molar-refractivity contribution < 1.29 is 19.1 Å². The lowest BCUT2D eigenvalue weighted by atomic mass is 10.2. The number of halogens is 2. The van der Waals surface area contributed by atoms with Gasteiger partial charge in [0, 0.05) is 21.8 Å². The molecule has 0 aliphatic heterocycles. The van der Waals surface area contributed by atoms with Crippen molar-refractivity contribution in [3.05, 3.63) is 83.1 Å². The summed E-state index contributed by atoms with van der Waals surface area (Å²) in [5.41, 5.74) is 2.72. The van der Waals surface area contributed by atoms with Crippen LogP contribution in [0.5, 0.6) is 0 Å². The van der Waals surface area contributed by atoms with E-state index in [1.807, 2.05) is 0 Å². The molecule has 4 rings (SSSR count). The lowest BCUT2D eigenvalue weighted by molar-refractivity contribution is 0.0977. The van der Waals surface area contributed by atoms with Crippen LogP contribution < -0.4 is 10.6 Å². The molecule has 0 radical (unpaired) electrons. The van der Waals surface area contributed by atoms with E-state index in [4.69, 9.17) is 28.2 Å². The second kappa shape index (κ2) is 9.00. The Kier molecular flexibility index (Phi) is 6.41. The highest BCUT2D eigenvalue weighted by Crippen LogP contribution is 2.26. The first-order chi connectivity index (χ1) is 14.0. The SMILES string of the molecule is O.O=C(NC(=S)Nc1ccc2oc(-c3cccc(F)c3)nc2c1)c1ccc(Cl)cc1. The van der Waals surface area contributed by atoms with Gasteiger partial charge in [-0.25, -0.2) is 9.37 Å². The first-order valence-electron chi connectivity index (χ1n) is 8.52. The van der Waals surface area contributed by atoms with E-state index >= 15 is 0 Å². The molecule has 6 nitrogen and oxygen atoms in total. The number of carbonyl (C=O) groups is 1. The topological polar surface area (TPSA) is 98.7 Å². The van der Waals surface area contributed by atoms with Gasteiger partial charge >= 0.3 is 0 Å². The summed E-state index contributed by atoms with van der Waals surface area (Å²) >= 11 is 11.0. The molecule has 0 saturated carbocycles. The molecule has 0 atom stereocenters. The first-order valence-corrected chi connectivity index (χ1v) is 9.31. The third kappa shape index (κ3) is 4.80. The largest absolute Gasteiger partial charge is 0.436 e. The molecule has 9 heteroatoms. The summed E-state index contributed by atoms with van der Waals surface area (Å²) in [4.78, 5) is 16.6. The normalized spacial score (nSPS) is 10.3. The number of carbonyl (C=O) groups excluding carboxylic acids is 1. The molecule has 0 unspecified atom stereocenters. The molecule has 0 aliphatic rings.